The molecule has 0 spiro atoms. The van der Waals surface area contributed by atoms with Crippen LogP contribution in [0.4, 0.5) is 4.39 Å². The molecular weight excluding hydrogens is 388 g/mol. The van der Waals surface area contributed by atoms with E-state index in [1.807, 2.05) is 0 Å². The average molecular weight is 402 g/mol. The highest BCUT2D eigenvalue weighted by atomic mass is 35.5. The molecule has 0 saturated heterocycles. The van der Waals surface area contributed by atoms with Crippen molar-refractivity contribution in [3.63, 3.8) is 0 Å². The van der Waals surface area contributed by atoms with Gasteiger partial charge in [-0.2, -0.15) is 0 Å². The van der Waals surface area contributed by atoms with Crippen LogP contribution in [0.25, 0.3) is 0 Å². The number of nitrogens with zero attached hydrogens (tertiary/aromatic N) is 1. The van der Waals surface area contributed by atoms with Crippen LogP contribution in [0.2, 0.25) is 10.0 Å². The Morgan fingerprint density at radius 1 is 1.08 bits per heavy atom. The van der Waals surface area contributed by atoms with Crippen LogP contribution >= 0.6 is 23.2 Å². The van der Waals surface area contributed by atoms with Crippen LogP contribution in [0.15, 0.2) is 58.5 Å². The molecule has 8 heteroatoms. The molecule has 25 heavy (non-hydrogen) atoms. The number of Topliss-reactive ketones (excluding diaryl/α,β-unsaturated/α-hetero) is 1. The highest BCUT2D eigenvalue weighted by Gasteiger charge is 2.29. The van der Waals surface area contributed by atoms with Gasteiger partial charge in [-0.3, -0.25) is 4.79 Å². The maximum absolute atomic E-state index is 13.1. The van der Waals surface area contributed by atoms with E-state index in [0.717, 1.165) is 24.3 Å². The molecule has 0 radical (unpaired) electrons. The van der Waals surface area contributed by atoms with Crippen LogP contribution in [-0.4, -0.2) is 33.2 Å². The second-order valence-electron chi connectivity index (χ2n) is 5.37. The molecule has 2 aromatic carbocycles. The zero-order valence-electron chi connectivity index (χ0n) is 13.3. The Balaban J connectivity index is 2.60. The first-order chi connectivity index (χ1) is 11.6. The monoisotopic (exact) mass is 401 g/mol. The standard InChI is InChI=1S/C17H14Cl2FNO3S/c1-21(2)10-16(17(22)14-8-3-11(18)9-15(14)19)25(23,24)13-6-4-12(20)5-7-13/h3-10H,1-2H3. The number of rotatable bonds is 5. The summed E-state index contributed by atoms with van der Waals surface area (Å²) in [6.45, 7) is 0. The van der Waals surface area contributed by atoms with Crippen LogP contribution in [0.1, 0.15) is 10.4 Å². The summed E-state index contributed by atoms with van der Waals surface area (Å²) in [7, 11) is -1.01. The van der Waals surface area contributed by atoms with Crippen molar-refractivity contribution in [2.75, 3.05) is 14.1 Å². The van der Waals surface area contributed by atoms with Crippen molar-refractivity contribution in [3.05, 3.63) is 75.0 Å². The van der Waals surface area contributed by atoms with Gasteiger partial charge in [-0.15, -0.1) is 0 Å². The number of benzene rings is 2. The number of halogens is 3. The van der Waals surface area contributed by atoms with E-state index in [1.165, 1.54) is 29.3 Å². The highest BCUT2D eigenvalue weighted by molar-refractivity contribution is 7.96. The zero-order chi connectivity index (χ0) is 18.8. The molecule has 0 N–H and O–H groups in total. The van der Waals surface area contributed by atoms with E-state index in [0.29, 0.717) is 5.02 Å². The molecule has 0 bridgehead atoms. The van der Waals surface area contributed by atoms with Gasteiger partial charge < -0.3 is 4.90 Å². The van der Waals surface area contributed by atoms with E-state index in [-0.39, 0.29) is 15.5 Å². The first-order valence-corrected chi connectivity index (χ1v) is 9.25. The van der Waals surface area contributed by atoms with Gasteiger partial charge in [-0.25, -0.2) is 12.8 Å². The molecule has 0 unspecified atom stereocenters. The second-order valence-corrected chi connectivity index (χ2v) is 8.13. The predicted octanol–water partition coefficient (Wildman–Crippen LogP) is 4.19. The van der Waals surface area contributed by atoms with Gasteiger partial charge in [0.25, 0.3) is 0 Å². The molecule has 0 aliphatic rings. The lowest BCUT2D eigenvalue weighted by Crippen LogP contribution is -2.18. The number of hydrogen-bond acceptors (Lipinski definition) is 4. The van der Waals surface area contributed by atoms with Gasteiger partial charge in [-0.1, -0.05) is 23.2 Å². The molecule has 2 rings (SSSR count). The Bertz CT molecular complexity index is 939. The van der Waals surface area contributed by atoms with Crippen LogP contribution in [-0.2, 0) is 9.84 Å². The summed E-state index contributed by atoms with van der Waals surface area (Å²) in [5, 5.41) is 0.359. The van der Waals surface area contributed by atoms with Crippen molar-refractivity contribution in [1.82, 2.24) is 4.90 Å². The van der Waals surface area contributed by atoms with Gasteiger partial charge in [0.15, 0.2) is 0 Å². The van der Waals surface area contributed by atoms with Crippen molar-refractivity contribution in [2.45, 2.75) is 4.90 Å². The topological polar surface area (TPSA) is 54.5 Å². The first-order valence-electron chi connectivity index (χ1n) is 7.01. The Kier molecular flexibility index (Phi) is 5.87. The molecular formula is C17H14Cl2FNO3S. The van der Waals surface area contributed by atoms with E-state index in [9.17, 15) is 17.6 Å². The van der Waals surface area contributed by atoms with Gasteiger partial charge in [0, 0.05) is 30.9 Å². The van der Waals surface area contributed by atoms with E-state index in [2.05, 4.69) is 0 Å². The Labute approximate surface area is 155 Å². The Morgan fingerprint density at radius 3 is 2.20 bits per heavy atom. The molecule has 0 amide bonds. The quantitative estimate of drug-likeness (QED) is 0.428. The number of hydrogen-bond donors (Lipinski definition) is 0. The van der Waals surface area contributed by atoms with Gasteiger partial charge in [0.05, 0.1) is 9.92 Å². The van der Waals surface area contributed by atoms with E-state index >= 15 is 0 Å². The lowest BCUT2D eigenvalue weighted by atomic mass is 10.1. The van der Waals surface area contributed by atoms with Crippen LogP contribution in [0, 0.1) is 5.82 Å². The fourth-order valence-electron chi connectivity index (χ4n) is 2.03. The molecule has 0 aliphatic heterocycles. The van der Waals surface area contributed by atoms with Crippen molar-refractivity contribution in [2.24, 2.45) is 0 Å². The fraction of sp³-hybridized carbons (Fsp3) is 0.118. The number of sulfone groups is 1. The lowest BCUT2D eigenvalue weighted by molar-refractivity contribution is 0.104. The molecule has 4 nitrogen and oxygen atoms in total. The van der Waals surface area contributed by atoms with Gasteiger partial charge in [-0.05, 0) is 42.5 Å². The van der Waals surface area contributed by atoms with E-state index in [4.69, 9.17) is 23.2 Å². The number of ketones is 1. The van der Waals surface area contributed by atoms with Gasteiger partial charge in [0.2, 0.25) is 15.6 Å². The summed E-state index contributed by atoms with van der Waals surface area (Å²) < 4.78 is 38.8. The fourth-order valence-corrected chi connectivity index (χ4v) is 3.98. The van der Waals surface area contributed by atoms with Crippen molar-refractivity contribution >= 4 is 38.8 Å². The molecule has 0 saturated carbocycles. The summed E-state index contributed by atoms with van der Waals surface area (Å²) >= 11 is 11.8. The van der Waals surface area contributed by atoms with Crippen LogP contribution < -0.4 is 0 Å². The summed E-state index contributed by atoms with van der Waals surface area (Å²) in [4.78, 5) is 13.6. The first kappa shape index (κ1) is 19.4. The molecule has 0 aliphatic carbocycles. The third-order valence-electron chi connectivity index (χ3n) is 3.19. The third kappa shape index (κ3) is 4.39. The molecule has 0 heterocycles. The minimum Gasteiger partial charge on any atom is -0.382 e. The molecule has 0 aromatic heterocycles. The Hall–Kier alpha value is -1.89. The summed E-state index contributed by atoms with van der Waals surface area (Å²) in [5.74, 6) is -1.36. The maximum atomic E-state index is 13.1. The lowest BCUT2D eigenvalue weighted by Gasteiger charge is -2.13. The molecule has 132 valence electrons. The zero-order valence-corrected chi connectivity index (χ0v) is 15.7. The van der Waals surface area contributed by atoms with E-state index in [1.54, 1.807) is 14.1 Å². The number of carbonyl (C=O) groups excluding carboxylic acids is 1. The van der Waals surface area contributed by atoms with Crippen molar-refractivity contribution in [1.29, 1.82) is 0 Å². The van der Waals surface area contributed by atoms with Crippen molar-refractivity contribution < 1.29 is 17.6 Å². The van der Waals surface area contributed by atoms with E-state index < -0.39 is 26.3 Å². The van der Waals surface area contributed by atoms with Crippen molar-refractivity contribution in [3.8, 4) is 0 Å². The number of carbonyl (C=O) groups is 1. The summed E-state index contributed by atoms with van der Waals surface area (Å²) in [6.07, 6.45) is 1.19. The maximum Gasteiger partial charge on any atom is 0.211 e. The minimum absolute atomic E-state index is 0.00449. The normalized spacial score (nSPS) is 12.1. The molecule has 0 atom stereocenters. The molecule has 0 fully saturated rings. The SMILES string of the molecule is CN(C)C=C(C(=O)c1ccc(Cl)cc1Cl)S(=O)(=O)c1ccc(F)cc1. The smallest absolute Gasteiger partial charge is 0.211 e. The summed E-state index contributed by atoms with van der Waals surface area (Å²) in [5.41, 5.74) is 0.00449. The molecule has 2 aromatic rings. The van der Waals surface area contributed by atoms with Crippen LogP contribution in [0.5, 0.6) is 0 Å². The largest absolute Gasteiger partial charge is 0.382 e. The highest BCUT2D eigenvalue weighted by Crippen LogP contribution is 2.28. The number of allylic oxidation sites excluding steroid dienone is 1. The van der Waals surface area contributed by atoms with Gasteiger partial charge >= 0.3 is 0 Å². The van der Waals surface area contributed by atoms with Gasteiger partial charge in [0.1, 0.15) is 10.7 Å². The third-order valence-corrected chi connectivity index (χ3v) is 5.50. The summed E-state index contributed by atoms with van der Waals surface area (Å²) in [6, 6.07) is 8.39. The average Bonchev–Trinajstić information content (AvgIpc) is 2.52. The second kappa shape index (κ2) is 7.56. The minimum atomic E-state index is -4.18. The predicted molar refractivity (Wildman–Crippen MR) is 96.1 cm³/mol. The Morgan fingerprint density at radius 2 is 1.68 bits per heavy atom. The van der Waals surface area contributed by atoms with Crippen LogP contribution in [0.3, 0.4) is 0 Å².